The molecule has 0 spiro atoms. The van der Waals surface area contributed by atoms with Gasteiger partial charge in [0.15, 0.2) is 0 Å². The summed E-state index contributed by atoms with van der Waals surface area (Å²) in [5, 5.41) is 3.54. The summed E-state index contributed by atoms with van der Waals surface area (Å²) in [5.41, 5.74) is 0. The van der Waals surface area contributed by atoms with Crippen molar-refractivity contribution in [2.24, 2.45) is 5.92 Å². The van der Waals surface area contributed by atoms with Crippen molar-refractivity contribution in [1.29, 1.82) is 0 Å². The van der Waals surface area contributed by atoms with E-state index in [2.05, 4.69) is 12.4 Å². The smallest absolute Gasteiger partial charge is 0.0576 e. The van der Waals surface area contributed by atoms with Crippen LogP contribution in [0, 0.1) is 5.92 Å². The van der Waals surface area contributed by atoms with Gasteiger partial charge in [-0.25, -0.2) is 0 Å². The SMILES string of the molecule is CNC(CCC1CCCO1)CC1CCCCCC1. The van der Waals surface area contributed by atoms with Crippen molar-refractivity contribution < 1.29 is 4.74 Å². The number of ether oxygens (including phenoxy) is 1. The largest absolute Gasteiger partial charge is 0.378 e. The molecule has 18 heavy (non-hydrogen) atoms. The third kappa shape index (κ3) is 4.89. The monoisotopic (exact) mass is 253 g/mol. The molecule has 106 valence electrons. The van der Waals surface area contributed by atoms with E-state index in [9.17, 15) is 0 Å². The van der Waals surface area contributed by atoms with Gasteiger partial charge in [-0.05, 0) is 45.1 Å². The number of hydrogen-bond acceptors (Lipinski definition) is 2. The third-order valence-corrected chi connectivity index (χ3v) is 4.86. The highest BCUT2D eigenvalue weighted by atomic mass is 16.5. The summed E-state index contributed by atoms with van der Waals surface area (Å²) in [5.74, 6) is 0.981. The minimum atomic E-state index is 0.565. The van der Waals surface area contributed by atoms with Gasteiger partial charge < -0.3 is 10.1 Å². The van der Waals surface area contributed by atoms with Crippen molar-refractivity contribution in [2.75, 3.05) is 13.7 Å². The van der Waals surface area contributed by atoms with Crippen LogP contribution in [0.1, 0.15) is 70.6 Å². The fraction of sp³-hybridized carbons (Fsp3) is 1.00. The Labute approximate surface area is 113 Å². The maximum Gasteiger partial charge on any atom is 0.0576 e. The zero-order valence-corrected chi connectivity index (χ0v) is 12.1. The molecule has 0 radical (unpaired) electrons. The highest BCUT2D eigenvalue weighted by molar-refractivity contribution is 4.75. The molecule has 2 rings (SSSR count). The summed E-state index contributed by atoms with van der Waals surface area (Å²) < 4.78 is 5.73. The Kier molecular flexibility index (Phi) is 6.50. The zero-order chi connectivity index (χ0) is 12.6. The molecule has 1 aliphatic heterocycles. The second kappa shape index (κ2) is 8.16. The standard InChI is InChI=1S/C16H31NO/c1-17-15(10-11-16-9-6-12-18-16)13-14-7-4-2-3-5-8-14/h14-17H,2-13H2,1H3. The predicted octanol–water partition coefficient (Wildman–Crippen LogP) is 3.89. The summed E-state index contributed by atoms with van der Waals surface area (Å²) in [6, 6.07) is 0.720. The molecule has 1 N–H and O–H groups in total. The fourth-order valence-electron chi connectivity index (χ4n) is 3.64. The second-order valence-corrected chi connectivity index (χ2v) is 6.29. The van der Waals surface area contributed by atoms with E-state index in [1.807, 2.05) is 0 Å². The van der Waals surface area contributed by atoms with Crippen LogP contribution in [0.3, 0.4) is 0 Å². The molecule has 2 heteroatoms. The molecule has 0 aromatic rings. The third-order valence-electron chi connectivity index (χ3n) is 4.86. The molecule has 1 saturated carbocycles. The van der Waals surface area contributed by atoms with Crippen LogP contribution in [-0.4, -0.2) is 25.8 Å². The summed E-state index contributed by atoms with van der Waals surface area (Å²) in [4.78, 5) is 0. The van der Waals surface area contributed by atoms with Crippen LogP contribution in [0.15, 0.2) is 0 Å². The Bertz CT molecular complexity index is 205. The summed E-state index contributed by atoms with van der Waals surface area (Å²) >= 11 is 0. The molecule has 2 nitrogen and oxygen atoms in total. The van der Waals surface area contributed by atoms with Crippen LogP contribution < -0.4 is 5.32 Å². The average molecular weight is 253 g/mol. The van der Waals surface area contributed by atoms with E-state index in [4.69, 9.17) is 4.74 Å². The van der Waals surface area contributed by atoms with Gasteiger partial charge in [0.25, 0.3) is 0 Å². The van der Waals surface area contributed by atoms with Crippen LogP contribution in [0.25, 0.3) is 0 Å². The summed E-state index contributed by atoms with van der Waals surface area (Å²) in [7, 11) is 2.14. The molecule has 0 amide bonds. The topological polar surface area (TPSA) is 21.3 Å². The fourth-order valence-corrected chi connectivity index (χ4v) is 3.64. The molecule has 1 aliphatic carbocycles. The van der Waals surface area contributed by atoms with Crippen molar-refractivity contribution in [1.82, 2.24) is 5.32 Å². The van der Waals surface area contributed by atoms with Gasteiger partial charge in [0.2, 0.25) is 0 Å². The lowest BCUT2D eigenvalue weighted by molar-refractivity contribution is 0.0987. The van der Waals surface area contributed by atoms with Crippen molar-refractivity contribution in [2.45, 2.75) is 82.8 Å². The van der Waals surface area contributed by atoms with Crippen molar-refractivity contribution in [3.05, 3.63) is 0 Å². The van der Waals surface area contributed by atoms with Crippen LogP contribution in [-0.2, 0) is 4.74 Å². The molecule has 0 aromatic carbocycles. The predicted molar refractivity (Wildman–Crippen MR) is 76.9 cm³/mol. The minimum absolute atomic E-state index is 0.565. The van der Waals surface area contributed by atoms with Crippen LogP contribution in [0.4, 0.5) is 0 Å². The van der Waals surface area contributed by atoms with E-state index in [0.717, 1.165) is 18.6 Å². The molecule has 1 heterocycles. The first-order valence-electron chi connectivity index (χ1n) is 8.17. The van der Waals surface area contributed by atoms with Gasteiger partial charge in [0, 0.05) is 12.6 Å². The maximum atomic E-state index is 5.73. The highest BCUT2D eigenvalue weighted by Gasteiger charge is 2.20. The first-order valence-corrected chi connectivity index (χ1v) is 8.17. The highest BCUT2D eigenvalue weighted by Crippen LogP contribution is 2.28. The Hall–Kier alpha value is -0.0800. The van der Waals surface area contributed by atoms with Crippen LogP contribution >= 0.6 is 0 Å². The van der Waals surface area contributed by atoms with Gasteiger partial charge in [-0.3, -0.25) is 0 Å². The lowest BCUT2D eigenvalue weighted by Gasteiger charge is -2.23. The van der Waals surface area contributed by atoms with E-state index in [-0.39, 0.29) is 0 Å². The van der Waals surface area contributed by atoms with Gasteiger partial charge in [-0.2, -0.15) is 0 Å². The Morgan fingerprint density at radius 2 is 1.83 bits per heavy atom. The van der Waals surface area contributed by atoms with Crippen molar-refractivity contribution in [3.63, 3.8) is 0 Å². The van der Waals surface area contributed by atoms with Gasteiger partial charge in [0.1, 0.15) is 0 Å². The number of rotatable bonds is 6. The van der Waals surface area contributed by atoms with Crippen molar-refractivity contribution in [3.8, 4) is 0 Å². The normalized spacial score (nSPS) is 28.2. The lowest BCUT2D eigenvalue weighted by atomic mass is 9.90. The van der Waals surface area contributed by atoms with Gasteiger partial charge in [0.05, 0.1) is 6.10 Å². The quantitative estimate of drug-likeness (QED) is 0.725. The van der Waals surface area contributed by atoms with E-state index in [1.165, 1.54) is 70.6 Å². The molecule has 2 fully saturated rings. The average Bonchev–Trinajstić information content (AvgIpc) is 2.78. The van der Waals surface area contributed by atoms with Gasteiger partial charge in [-0.1, -0.05) is 38.5 Å². The van der Waals surface area contributed by atoms with Gasteiger partial charge >= 0.3 is 0 Å². The molecule has 0 bridgehead atoms. The minimum Gasteiger partial charge on any atom is -0.378 e. The summed E-state index contributed by atoms with van der Waals surface area (Å²) in [6.07, 6.45) is 15.9. The van der Waals surface area contributed by atoms with E-state index in [1.54, 1.807) is 0 Å². The zero-order valence-electron chi connectivity index (χ0n) is 12.1. The second-order valence-electron chi connectivity index (χ2n) is 6.29. The van der Waals surface area contributed by atoms with Crippen LogP contribution in [0.5, 0.6) is 0 Å². The first kappa shape index (κ1) is 14.3. The number of hydrogen-bond donors (Lipinski definition) is 1. The maximum absolute atomic E-state index is 5.73. The first-order chi connectivity index (χ1) is 8.88. The molecular formula is C16H31NO. The van der Waals surface area contributed by atoms with Crippen molar-refractivity contribution >= 4 is 0 Å². The molecule has 1 saturated heterocycles. The Morgan fingerprint density at radius 3 is 2.44 bits per heavy atom. The Morgan fingerprint density at radius 1 is 1.06 bits per heavy atom. The van der Waals surface area contributed by atoms with E-state index < -0.39 is 0 Å². The molecule has 2 unspecified atom stereocenters. The number of nitrogens with one attached hydrogen (secondary N) is 1. The van der Waals surface area contributed by atoms with Crippen LogP contribution in [0.2, 0.25) is 0 Å². The molecular weight excluding hydrogens is 222 g/mol. The molecule has 2 aliphatic rings. The van der Waals surface area contributed by atoms with E-state index >= 15 is 0 Å². The summed E-state index contributed by atoms with van der Waals surface area (Å²) in [6.45, 7) is 0.998. The lowest BCUT2D eigenvalue weighted by Crippen LogP contribution is -2.29. The van der Waals surface area contributed by atoms with E-state index in [0.29, 0.717) is 6.10 Å². The Balaban J connectivity index is 1.66. The molecule has 0 aromatic heterocycles. The van der Waals surface area contributed by atoms with Gasteiger partial charge in [-0.15, -0.1) is 0 Å². The molecule has 2 atom stereocenters.